The van der Waals surface area contributed by atoms with Crippen LogP contribution in [0.1, 0.15) is 6.92 Å². The Kier molecular flexibility index (Phi) is 3.09. The van der Waals surface area contributed by atoms with Crippen LogP contribution < -0.4 is 15.6 Å². The first-order valence-corrected chi connectivity index (χ1v) is 5.18. The topological polar surface area (TPSA) is 58.0 Å². The van der Waals surface area contributed by atoms with Gasteiger partial charge in [-0.1, -0.05) is 6.58 Å². The number of rotatable bonds is 3. The van der Waals surface area contributed by atoms with Gasteiger partial charge in [0.25, 0.3) is 0 Å². The van der Waals surface area contributed by atoms with E-state index in [1.807, 2.05) is 31.2 Å². The summed E-state index contributed by atoms with van der Waals surface area (Å²) in [7, 11) is 1.64. The highest BCUT2D eigenvalue weighted by Crippen LogP contribution is 2.15. The van der Waals surface area contributed by atoms with Crippen LogP contribution >= 0.6 is 0 Å². The van der Waals surface area contributed by atoms with Gasteiger partial charge in [0.05, 0.1) is 24.2 Å². The van der Waals surface area contributed by atoms with Gasteiger partial charge in [0.1, 0.15) is 11.5 Å². The average molecular weight is 230 g/mol. The number of nitrogens with zero attached hydrogens (tertiary/aromatic N) is 2. The molecular formula is C12H14N4O. The van der Waals surface area contributed by atoms with E-state index in [4.69, 9.17) is 4.74 Å². The van der Waals surface area contributed by atoms with Gasteiger partial charge >= 0.3 is 0 Å². The molecule has 1 heterocycles. The number of hydrogen-bond acceptors (Lipinski definition) is 5. The third kappa shape index (κ3) is 2.44. The molecule has 0 aliphatic carbocycles. The van der Waals surface area contributed by atoms with E-state index in [-0.39, 0.29) is 0 Å². The van der Waals surface area contributed by atoms with Crippen LogP contribution in [0.5, 0.6) is 5.75 Å². The van der Waals surface area contributed by atoms with Crippen molar-refractivity contribution in [1.82, 2.24) is 5.43 Å². The number of methoxy groups -OCH3 is 1. The Hall–Kier alpha value is -2.30. The smallest absolute Gasteiger partial charge is 0.131 e. The molecule has 2 rings (SSSR count). The number of hydrogen-bond donors (Lipinski definition) is 2. The highest BCUT2D eigenvalue weighted by molar-refractivity contribution is 6.48. The molecule has 0 amide bonds. The molecule has 0 fully saturated rings. The summed E-state index contributed by atoms with van der Waals surface area (Å²) in [6.07, 6.45) is 0. The van der Waals surface area contributed by atoms with Crippen LogP contribution in [-0.4, -0.2) is 18.5 Å². The third-order valence-electron chi connectivity index (χ3n) is 2.37. The average Bonchev–Trinajstić information content (AvgIpc) is 2.67. The van der Waals surface area contributed by atoms with Crippen molar-refractivity contribution in [3.63, 3.8) is 0 Å². The van der Waals surface area contributed by atoms with Gasteiger partial charge in [-0.25, -0.2) is 0 Å². The molecule has 0 aromatic heterocycles. The number of ether oxygens (including phenoxy) is 1. The van der Waals surface area contributed by atoms with E-state index < -0.39 is 0 Å². The molecule has 17 heavy (non-hydrogen) atoms. The Bertz CT molecular complexity index is 488. The van der Waals surface area contributed by atoms with E-state index in [1.165, 1.54) is 0 Å². The molecule has 0 saturated heterocycles. The zero-order valence-electron chi connectivity index (χ0n) is 9.82. The van der Waals surface area contributed by atoms with Crippen LogP contribution in [0.3, 0.4) is 0 Å². The van der Waals surface area contributed by atoms with Gasteiger partial charge in [-0.2, -0.15) is 10.2 Å². The lowest BCUT2D eigenvalue weighted by Crippen LogP contribution is -2.11. The summed E-state index contributed by atoms with van der Waals surface area (Å²) in [5.41, 5.74) is 8.86. The van der Waals surface area contributed by atoms with E-state index >= 15 is 0 Å². The molecule has 5 nitrogen and oxygen atoms in total. The Balaban J connectivity index is 2.08. The normalized spacial score (nSPS) is 16.7. The van der Waals surface area contributed by atoms with E-state index in [0.29, 0.717) is 5.70 Å². The summed E-state index contributed by atoms with van der Waals surface area (Å²) in [5, 5.41) is 8.26. The molecule has 5 heteroatoms. The molecule has 0 saturated carbocycles. The predicted molar refractivity (Wildman–Crippen MR) is 69.4 cm³/mol. The summed E-state index contributed by atoms with van der Waals surface area (Å²) in [6.45, 7) is 5.68. The molecule has 2 N–H and O–H groups in total. The van der Waals surface area contributed by atoms with Crippen molar-refractivity contribution in [2.45, 2.75) is 6.92 Å². The Labute approximate surface area is 99.9 Å². The zero-order chi connectivity index (χ0) is 12.3. The summed E-state index contributed by atoms with van der Waals surface area (Å²) in [5.74, 6) is 0.813. The maximum atomic E-state index is 5.07. The molecule has 0 radical (unpaired) electrons. The van der Waals surface area contributed by atoms with Gasteiger partial charge in [-0.3, -0.25) is 10.9 Å². The van der Waals surface area contributed by atoms with Gasteiger partial charge in [0.2, 0.25) is 0 Å². The fraction of sp³-hybridized carbons (Fsp3) is 0.167. The highest BCUT2D eigenvalue weighted by atomic mass is 16.5. The molecular weight excluding hydrogens is 216 g/mol. The largest absolute Gasteiger partial charge is 0.497 e. The SMILES string of the molecule is C=C1NN=C(C)/C1=N\Nc1ccc(OC)cc1. The summed E-state index contributed by atoms with van der Waals surface area (Å²) in [4.78, 5) is 0. The first-order chi connectivity index (χ1) is 8.20. The Morgan fingerprint density at radius 3 is 2.59 bits per heavy atom. The standard InChI is InChI=1S/C12H14N4O/c1-8-12(9(2)14-13-8)16-15-10-4-6-11(17-3)7-5-10/h4-7,13,15H,1H2,2-3H3/b16-12-. The minimum Gasteiger partial charge on any atom is -0.497 e. The lowest BCUT2D eigenvalue weighted by molar-refractivity contribution is 0.415. The number of benzene rings is 1. The van der Waals surface area contributed by atoms with Gasteiger partial charge in [0.15, 0.2) is 0 Å². The quantitative estimate of drug-likeness (QED) is 0.780. The van der Waals surface area contributed by atoms with Crippen LogP contribution in [0.25, 0.3) is 0 Å². The van der Waals surface area contributed by atoms with Gasteiger partial charge < -0.3 is 4.74 Å². The minimum atomic E-state index is 0.698. The van der Waals surface area contributed by atoms with Crippen molar-refractivity contribution < 1.29 is 4.74 Å². The number of anilines is 1. The molecule has 88 valence electrons. The fourth-order valence-electron chi connectivity index (χ4n) is 1.41. The second-order valence-electron chi connectivity index (χ2n) is 3.59. The van der Waals surface area contributed by atoms with E-state index in [0.717, 1.165) is 22.9 Å². The van der Waals surface area contributed by atoms with Crippen molar-refractivity contribution >= 4 is 17.1 Å². The van der Waals surface area contributed by atoms with Crippen molar-refractivity contribution in [3.05, 3.63) is 36.5 Å². The molecule has 1 aliphatic heterocycles. The second kappa shape index (κ2) is 4.69. The van der Waals surface area contributed by atoms with Crippen LogP contribution in [0.4, 0.5) is 5.69 Å². The molecule has 0 spiro atoms. The van der Waals surface area contributed by atoms with E-state index in [2.05, 4.69) is 27.6 Å². The van der Waals surface area contributed by atoms with Crippen molar-refractivity contribution in [3.8, 4) is 5.75 Å². The highest BCUT2D eigenvalue weighted by Gasteiger charge is 2.14. The lowest BCUT2D eigenvalue weighted by Gasteiger charge is -2.04. The monoisotopic (exact) mass is 230 g/mol. The molecule has 0 bridgehead atoms. The van der Waals surface area contributed by atoms with Crippen molar-refractivity contribution in [2.75, 3.05) is 12.5 Å². The van der Waals surface area contributed by atoms with Crippen LogP contribution in [0, 0.1) is 0 Å². The second-order valence-corrected chi connectivity index (χ2v) is 3.59. The summed E-state index contributed by atoms with van der Waals surface area (Å²) < 4.78 is 5.07. The van der Waals surface area contributed by atoms with Crippen LogP contribution in [-0.2, 0) is 0 Å². The first-order valence-electron chi connectivity index (χ1n) is 5.18. The van der Waals surface area contributed by atoms with Crippen molar-refractivity contribution in [1.29, 1.82) is 0 Å². The molecule has 0 unspecified atom stereocenters. The molecule has 1 aliphatic rings. The number of hydrazone groups is 2. The first kappa shape index (κ1) is 11.2. The van der Waals surface area contributed by atoms with Gasteiger partial charge in [-0.15, -0.1) is 0 Å². The number of allylic oxidation sites excluding steroid dienone is 1. The van der Waals surface area contributed by atoms with Crippen molar-refractivity contribution in [2.24, 2.45) is 10.2 Å². The fourth-order valence-corrected chi connectivity index (χ4v) is 1.41. The summed E-state index contributed by atoms with van der Waals surface area (Å²) >= 11 is 0. The van der Waals surface area contributed by atoms with E-state index in [1.54, 1.807) is 7.11 Å². The van der Waals surface area contributed by atoms with Gasteiger partial charge in [-0.05, 0) is 31.2 Å². The lowest BCUT2D eigenvalue weighted by atomic mass is 10.2. The van der Waals surface area contributed by atoms with Gasteiger partial charge in [0, 0.05) is 0 Å². The third-order valence-corrected chi connectivity index (χ3v) is 2.37. The molecule has 1 aromatic carbocycles. The Morgan fingerprint density at radius 1 is 1.35 bits per heavy atom. The molecule has 0 atom stereocenters. The van der Waals surface area contributed by atoms with Crippen LogP contribution in [0.15, 0.2) is 46.7 Å². The minimum absolute atomic E-state index is 0.698. The predicted octanol–water partition coefficient (Wildman–Crippen LogP) is 1.96. The molecule has 1 aromatic rings. The van der Waals surface area contributed by atoms with Crippen LogP contribution in [0.2, 0.25) is 0 Å². The maximum Gasteiger partial charge on any atom is 0.131 e. The Morgan fingerprint density at radius 2 is 2.06 bits per heavy atom. The van der Waals surface area contributed by atoms with E-state index in [9.17, 15) is 0 Å². The number of nitrogens with one attached hydrogen (secondary N) is 2. The maximum absolute atomic E-state index is 5.07. The summed E-state index contributed by atoms with van der Waals surface area (Å²) in [6, 6.07) is 7.51. The zero-order valence-corrected chi connectivity index (χ0v) is 9.82.